The first-order valence-electron chi connectivity index (χ1n) is 9.67. The van der Waals surface area contributed by atoms with E-state index in [1.807, 2.05) is 23.1 Å². The quantitative estimate of drug-likeness (QED) is 0.756. The van der Waals surface area contributed by atoms with Gasteiger partial charge in [-0.3, -0.25) is 0 Å². The molecule has 3 rings (SSSR count). The fourth-order valence-corrected chi connectivity index (χ4v) is 3.41. The van der Waals surface area contributed by atoms with Gasteiger partial charge in [0.15, 0.2) is 11.5 Å². The van der Waals surface area contributed by atoms with Crippen LogP contribution < -0.4 is 14.8 Å². The van der Waals surface area contributed by atoms with Crippen molar-refractivity contribution < 1.29 is 19.0 Å². The molecule has 0 radical (unpaired) electrons. The van der Waals surface area contributed by atoms with Crippen LogP contribution in [0.1, 0.15) is 44.7 Å². The molecule has 26 heavy (non-hydrogen) atoms. The Hall–Kier alpha value is -1.95. The molecule has 1 atom stereocenters. The lowest BCUT2D eigenvalue weighted by Gasteiger charge is -2.27. The summed E-state index contributed by atoms with van der Waals surface area (Å²) in [5, 5.41) is 3.03. The SMILES string of the molecule is CC(C)COCCCNC(=O)N1CCCC1c1ccc2c(c1)OCCO2. The van der Waals surface area contributed by atoms with Crippen molar-refractivity contribution in [2.24, 2.45) is 5.92 Å². The summed E-state index contributed by atoms with van der Waals surface area (Å²) in [5.41, 5.74) is 1.11. The molecule has 2 aliphatic heterocycles. The highest BCUT2D eigenvalue weighted by atomic mass is 16.6. The van der Waals surface area contributed by atoms with Gasteiger partial charge in [0.2, 0.25) is 0 Å². The van der Waals surface area contributed by atoms with E-state index < -0.39 is 0 Å². The monoisotopic (exact) mass is 362 g/mol. The molecule has 1 saturated heterocycles. The van der Waals surface area contributed by atoms with Crippen LogP contribution in [0.15, 0.2) is 18.2 Å². The van der Waals surface area contributed by atoms with Crippen molar-refractivity contribution in [3.8, 4) is 11.5 Å². The van der Waals surface area contributed by atoms with E-state index in [1.165, 1.54) is 0 Å². The number of carbonyl (C=O) groups excluding carboxylic acids is 1. The van der Waals surface area contributed by atoms with Gasteiger partial charge in [0.1, 0.15) is 13.2 Å². The highest BCUT2D eigenvalue weighted by Crippen LogP contribution is 2.37. The summed E-state index contributed by atoms with van der Waals surface area (Å²) in [6.07, 6.45) is 2.83. The van der Waals surface area contributed by atoms with Gasteiger partial charge in [-0.15, -0.1) is 0 Å². The van der Waals surface area contributed by atoms with Crippen molar-refractivity contribution in [1.29, 1.82) is 0 Å². The number of hydrogen-bond acceptors (Lipinski definition) is 4. The molecule has 2 heterocycles. The highest BCUT2D eigenvalue weighted by Gasteiger charge is 2.30. The lowest BCUT2D eigenvalue weighted by molar-refractivity contribution is 0.107. The lowest BCUT2D eigenvalue weighted by Crippen LogP contribution is -2.40. The van der Waals surface area contributed by atoms with Crippen molar-refractivity contribution in [2.75, 3.05) is 39.5 Å². The summed E-state index contributed by atoms with van der Waals surface area (Å²) in [6, 6.07) is 6.12. The molecule has 6 nitrogen and oxygen atoms in total. The number of nitrogens with zero attached hydrogens (tertiary/aromatic N) is 1. The predicted octanol–water partition coefficient (Wildman–Crippen LogP) is 3.37. The van der Waals surface area contributed by atoms with E-state index in [1.54, 1.807) is 0 Å². The predicted molar refractivity (Wildman–Crippen MR) is 99.8 cm³/mol. The molecule has 1 fully saturated rings. The topological polar surface area (TPSA) is 60.0 Å². The maximum Gasteiger partial charge on any atom is 0.317 e. The Labute approximate surface area is 155 Å². The van der Waals surface area contributed by atoms with Crippen LogP contribution in [-0.4, -0.2) is 50.4 Å². The van der Waals surface area contributed by atoms with E-state index >= 15 is 0 Å². The first-order valence-corrected chi connectivity index (χ1v) is 9.67. The van der Waals surface area contributed by atoms with Gasteiger partial charge in [0, 0.05) is 26.3 Å². The van der Waals surface area contributed by atoms with Gasteiger partial charge in [-0.2, -0.15) is 0 Å². The van der Waals surface area contributed by atoms with Gasteiger partial charge in [0.25, 0.3) is 0 Å². The zero-order valence-corrected chi connectivity index (χ0v) is 15.8. The van der Waals surface area contributed by atoms with E-state index in [9.17, 15) is 4.79 Å². The van der Waals surface area contributed by atoms with Gasteiger partial charge in [-0.25, -0.2) is 4.79 Å². The molecule has 0 spiro atoms. The van der Waals surface area contributed by atoms with Crippen LogP contribution in [0, 0.1) is 5.92 Å². The van der Waals surface area contributed by atoms with Crippen LogP contribution in [0.2, 0.25) is 0 Å². The summed E-state index contributed by atoms with van der Waals surface area (Å²) < 4.78 is 16.8. The van der Waals surface area contributed by atoms with Gasteiger partial charge in [-0.1, -0.05) is 19.9 Å². The van der Waals surface area contributed by atoms with Crippen LogP contribution in [0.25, 0.3) is 0 Å². The third-order valence-electron chi connectivity index (χ3n) is 4.66. The van der Waals surface area contributed by atoms with E-state index in [2.05, 4.69) is 19.2 Å². The van der Waals surface area contributed by atoms with E-state index in [0.717, 1.165) is 49.5 Å². The Kier molecular flexibility index (Phi) is 6.61. The number of rotatable bonds is 7. The van der Waals surface area contributed by atoms with Crippen LogP contribution in [0.4, 0.5) is 4.79 Å². The van der Waals surface area contributed by atoms with Gasteiger partial charge in [-0.05, 0) is 42.9 Å². The Bertz CT molecular complexity index is 605. The maximum atomic E-state index is 12.6. The molecule has 1 N–H and O–H groups in total. The van der Waals surface area contributed by atoms with Crippen molar-refractivity contribution in [3.05, 3.63) is 23.8 Å². The molecule has 0 bridgehead atoms. The number of urea groups is 1. The Balaban J connectivity index is 1.50. The number of nitrogens with one attached hydrogen (secondary N) is 1. The summed E-state index contributed by atoms with van der Waals surface area (Å²) in [4.78, 5) is 14.5. The van der Waals surface area contributed by atoms with Crippen molar-refractivity contribution in [1.82, 2.24) is 10.2 Å². The van der Waals surface area contributed by atoms with Crippen molar-refractivity contribution >= 4 is 6.03 Å². The molecule has 0 saturated carbocycles. The van der Waals surface area contributed by atoms with Gasteiger partial charge in [0.05, 0.1) is 6.04 Å². The van der Waals surface area contributed by atoms with Crippen molar-refractivity contribution in [3.63, 3.8) is 0 Å². The van der Waals surface area contributed by atoms with E-state index in [-0.39, 0.29) is 12.1 Å². The second-order valence-electron chi connectivity index (χ2n) is 7.31. The van der Waals surface area contributed by atoms with Crippen LogP contribution in [0.5, 0.6) is 11.5 Å². The second-order valence-corrected chi connectivity index (χ2v) is 7.31. The minimum atomic E-state index is 0.00579. The maximum absolute atomic E-state index is 12.6. The smallest absolute Gasteiger partial charge is 0.317 e. The van der Waals surface area contributed by atoms with Gasteiger partial charge >= 0.3 is 6.03 Å². The molecule has 1 aromatic rings. The Morgan fingerprint density at radius 3 is 2.92 bits per heavy atom. The molecule has 0 aromatic heterocycles. The largest absolute Gasteiger partial charge is 0.486 e. The van der Waals surface area contributed by atoms with Crippen LogP contribution in [-0.2, 0) is 4.74 Å². The summed E-state index contributed by atoms with van der Waals surface area (Å²) in [7, 11) is 0. The number of hydrogen-bond donors (Lipinski definition) is 1. The minimum Gasteiger partial charge on any atom is -0.486 e. The van der Waals surface area contributed by atoms with Gasteiger partial charge < -0.3 is 24.4 Å². The fraction of sp³-hybridized carbons (Fsp3) is 0.650. The van der Waals surface area contributed by atoms with Crippen molar-refractivity contribution in [2.45, 2.75) is 39.2 Å². The molecule has 144 valence electrons. The fourth-order valence-electron chi connectivity index (χ4n) is 3.41. The van der Waals surface area contributed by atoms with Crippen LogP contribution in [0.3, 0.4) is 0 Å². The number of fused-ring (bicyclic) bond motifs is 1. The summed E-state index contributed by atoms with van der Waals surface area (Å²) in [6.45, 7) is 8.31. The third-order valence-corrected chi connectivity index (χ3v) is 4.66. The first-order chi connectivity index (χ1) is 12.6. The van der Waals surface area contributed by atoms with Crippen LogP contribution >= 0.6 is 0 Å². The zero-order chi connectivity index (χ0) is 18.4. The number of benzene rings is 1. The number of carbonyl (C=O) groups is 1. The summed E-state index contributed by atoms with van der Waals surface area (Å²) in [5.74, 6) is 2.11. The molecule has 2 aliphatic rings. The first kappa shape index (κ1) is 18.8. The molecule has 1 aromatic carbocycles. The average Bonchev–Trinajstić information content (AvgIpc) is 3.13. The van der Waals surface area contributed by atoms with E-state index in [4.69, 9.17) is 14.2 Å². The molecule has 2 amide bonds. The third kappa shape index (κ3) is 4.81. The lowest BCUT2D eigenvalue weighted by atomic mass is 10.0. The Morgan fingerprint density at radius 2 is 2.12 bits per heavy atom. The van der Waals surface area contributed by atoms with E-state index in [0.29, 0.717) is 32.3 Å². The highest BCUT2D eigenvalue weighted by molar-refractivity contribution is 5.75. The molecular weight excluding hydrogens is 332 g/mol. The molecular formula is C20H30N2O4. The molecule has 6 heteroatoms. The molecule has 1 unspecified atom stereocenters. The molecule has 0 aliphatic carbocycles. The standard InChI is InChI=1S/C20H30N2O4/c1-15(2)14-24-10-4-8-21-20(23)22-9-3-5-17(22)16-6-7-18-19(13-16)26-12-11-25-18/h6-7,13,15,17H,3-5,8-12,14H2,1-2H3,(H,21,23). The Morgan fingerprint density at radius 1 is 1.31 bits per heavy atom. The average molecular weight is 362 g/mol. The number of amides is 2. The second kappa shape index (κ2) is 9.12. The number of likely N-dealkylation sites (tertiary alicyclic amines) is 1. The normalized spacial score (nSPS) is 19.0. The zero-order valence-electron chi connectivity index (χ0n) is 15.8. The number of ether oxygens (including phenoxy) is 3. The minimum absolute atomic E-state index is 0.00579. The summed E-state index contributed by atoms with van der Waals surface area (Å²) >= 11 is 0.